The average Bonchev–Trinajstić information content (AvgIpc) is 3.19. The molecule has 5 aliphatic carbocycles. The molecule has 7 fully saturated rings. The number of hydrogen-bond acceptors (Lipinski definition) is 14. The molecule has 8 rings (SSSR count). The van der Waals surface area contributed by atoms with Crippen LogP contribution in [0.15, 0.2) is 11.6 Å². The molecule has 3 saturated heterocycles. The second-order valence-electron chi connectivity index (χ2n) is 22.6. The second kappa shape index (κ2) is 15.9. The van der Waals surface area contributed by atoms with Crippen LogP contribution in [-0.2, 0) is 33.2 Å². The summed E-state index contributed by atoms with van der Waals surface area (Å²) in [6.07, 6.45) is -7.42. The van der Waals surface area contributed by atoms with E-state index in [4.69, 9.17) is 28.4 Å². The Bertz CT molecular complexity index is 1670. The third-order valence-corrected chi connectivity index (χ3v) is 18.6. The quantitative estimate of drug-likeness (QED) is 0.136. The van der Waals surface area contributed by atoms with E-state index in [1.54, 1.807) is 0 Å². The second-order valence-corrected chi connectivity index (χ2v) is 22.6. The molecule has 0 unspecified atom stereocenters. The number of carboxylic acid groups (broad SMARTS) is 1. The van der Waals surface area contributed by atoms with Gasteiger partial charge >= 0.3 is 5.97 Å². The zero-order valence-electron chi connectivity index (χ0n) is 37.3. The minimum atomic E-state index is -1.68. The van der Waals surface area contributed by atoms with Crippen molar-refractivity contribution in [3.63, 3.8) is 0 Å². The van der Waals surface area contributed by atoms with E-state index in [2.05, 4.69) is 54.5 Å². The lowest BCUT2D eigenvalue weighted by Gasteiger charge is -2.71. The van der Waals surface area contributed by atoms with Gasteiger partial charge in [-0.15, -0.1) is 0 Å². The highest BCUT2D eigenvalue weighted by Crippen LogP contribution is 2.76. The monoisotopic (exact) mass is 867 g/mol. The van der Waals surface area contributed by atoms with Gasteiger partial charge < -0.3 is 69.3 Å². The Morgan fingerprint density at radius 2 is 1.36 bits per heavy atom. The van der Waals surface area contributed by atoms with Crippen LogP contribution in [0.25, 0.3) is 0 Å². The first-order chi connectivity index (χ1) is 28.4. The molecule has 8 aliphatic rings. The third kappa shape index (κ3) is 7.21. The molecule has 15 heteroatoms. The Hall–Kier alpha value is -1.31. The predicted octanol–water partition coefficient (Wildman–Crippen LogP) is 3.01. The smallest absolute Gasteiger partial charge is 0.310 e. The van der Waals surface area contributed by atoms with Gasteiger partial charge in [0.05, 0.1) is 30.8 Å². The fraction of sp³-hybridized carbons (Fsp3) is 0.935. The van der Waals surface area contributed by atoms with Gasteiger partial charge in [0.1, 0.15) is 54.9 Å². The molecular weight excluding hydrogens is 792 g/mol. The van der Waals surface area contributed by atoms with Gasteiger partial charge in [-0.25, -0.2) is 0 Å². The van der Waals surface area contributed by atoms with Crippen LogP contribution in [0, 0.1) is 50.2 Å². The predicted molar refractivity (Wildman–Crippen MR) is 217 cm³/mol. The van der Waals surface area contributed by atoms with E-state index in [0.29, 0.717) is 18.8 Å². The van der Waals surface area contributed by atoms with Gasteiger partial charge in [-0.2, -0.15) is 0 Å². The number of fused-ring (bicyclic) bond motifs is 7. The fourth-order valence-corrected chi connectivity index (χ4v) is 14.5. The van der Waals surface area contributed by atoms with E-state index in [1.165, 1.54) is 12.5 Å². The van der Waals surface area contributed by atoms with Gasteiger partial charge in [-0.1, -0.05) is 60.1 Å². The maximum Gasteiger partial charge on any atom is 0.310 e. The van der Waals surface area contributed by atoms with Crippen molar-refractivity contribution >= 4 is 5.97 Å². The van der Waals surface area contributed by atoms with Gasteiger partial charge in [0.25, 0.3) is 0 Å². The SMILES string of the molecule is C[C@@H]1O[C@@H](O[C@H]2[C@H](O[C@H]3CC[C@]4(C)[C@H]5CC=C6[C@@H]7CC(C)(C)CC[C@]7(C(=O)O)CC[C@@]6(C)[C@]5(C)CC[C@H]4C3(C)C)OC[C@H](O[C@@H]3OC[C@H](O)[C@H](O)[C@H]3O)[C@@H]2O)[C@H](O)[C@H](O)[C@H]1O. The number of allylic oxidation sites excluding steroid dienone is 2. The zero-order valence-corrected chi connectivity index (χ0v) is 37.3. The summed E-state index contributed by atoms with van der Waals surface area (Å²) in [5.41, 5.74) is 0.227. The molecule has 0 aromatic rings. The lowest BCUT2D eigenvalue weighted by Crippen LogP contribution is -2.66. The Labute approximate surface area is 360 Å². The summed E-state index contributed by atoms with van der Waals surface area (Å²) < 4.78 is 36.6. The van der Waals surface area contributed by atoms with Crippen molar-refractivity contribution < 1.29 is 74.1 Å². The summed E-state index contributed by atoms with van der Waals surface area (Å²) in [6.45, 7) is 17.5. The van der Waals surface area contributed by atoms with Crippen LogP contribution in [0.2, 0.25) is 0 Å². The van der Waals surface area contributed by atoms with Crippen molar-refractivity contribution in [2.24, 2.45) is 50.2 Å². The Morgan fingerprint density at radius 3 is 2.07 bits per heavy atom. The Kier molecular flexibility index (Phi) is 12.1. The molecular formula is C46H74O15. The summed E-state index contributed by atoms with van der Waals surface area (Å²) in [6, 6.07) is 0. The summed E-state index contributed by atoms with van der Waals surface area (Å²) in [5, 5.41) is 85.4. The molecule has 3 aliphatic heterocycles. The van der Waals surface area contributed by atoms with Crippen LogP contribution in [0.3, 0.4) is 0 Å². The number of ether oxygens (including phenoxy) is 6. The van der Waals surface area contributed by atoms with Crippen molar-refractivity contribution in [1.29, 1.82) is 0 Å². The maximum absolute atomic E-state index is 13.1. The minimum Gasteiger partial charge on any atom is -0.481 e. The highest BCUT2D eigenvalue weighted by molar-refractivity contribution is 5.76. The minimum absolute atomic E-state index is 0.0250. The summed E-state index contributed by atoms with van der Waals surface area (Å²) >= 11 is 0. The van der Waals surface area contributed by atoms with E-state index in [0.717, 1.165) is 51.4 Å². The van der Waals surface area contributed by atoms with E-state index in [1.807, 2.05) is 0 Å². The van der Waals surface area contributed by atoms with E-state index >= 15 is 0 Å². The number of aliphatic hydroxyl groups excluding tert-OH is 7. The number of aliphatic hydroxyl groups is 7. The lowest BCUT2D eigenvalue weighted by molar-refractivity contribution is -0.377. The molecule has 3 heterocycles. The van der Waals surface area contributed by atoms with Gasteiger partial charge in [-0.3, -0.25) is 4.79 Å². The fourth-order valence-electron chi connectivity index (χ4n) is 14.5. The van der Waals surface area contributed by atoms with Crippen LogP contribution < -0.4 is 0 Å². The first kappa shape index (κ1) is 46.2. The largest absolute Gasteiger partial charge is 0.481 e. The first-order valence-electron chi connectivity index (χ1n) is 23.0. The highest BCUT2D eigenvalue weighted by atomic mass is 16.8. The van der Waals surface area contributed by atoms with Crippen molar-refractivity contribution in [1.82, 2.24) is 0 Å². The zero-order chi connectivity index (χ0) is 44.4. The molecule has 15 nitrogen and oxygen atoms in total. The first-order valence-corrected chi connectivity index (χ1v) is 23.0. The van der Waals surface area contributed by atoms with Crippen LogP contribution in [-0.4, -0.2) is 146 Å². The van der Waals surface area contributed by atoms with Crippen molar-refractivity contribution in [3.8, 4) is 0 Å². The molecule has 4 saturated carbocycles. The molecule has 0 bridgehead atoms. The molecule has 21 atom stereocenters. The van der Waals surface area contributed by atoms with Crippen LogP contribution in [0.4, 0.5) is 0 Å². The van der Waals surface area contributed by atoms with Crippen LogP contribution in [0.5, 0.6) is 0 Å². The summed E-state index contributed by atoms with van der Waals surface area (Å²) in [5.74, 6) is 0.0328. The van der Waals surface area contributed by atoms with Gasteiger partial charge in [-0.05, 0) is 116 Å². The molecule has 348 valence electrons. The molecule has 8 N–H and O–H groups in total. The van der Waals surface area contributed by atoms with Gasteiger partial charge in [0, 0.05) is 0 Å². The summed E-state index contributed by atoms with van der Waals surface area (Å²) in [7, 11) is 0. The topological polar surface area (TPSA) is 234 Å². The van der Waals surface area contributed by atoms with Crippen molar-refractivity contribution in [3.05, 3.63) is 11.6 Å². The van der Waals surface area contributed by atoms with E-state index < -0.39 is 91.3 Å². The average molecular weight is 867 g/mol. The van der Waals surface area contributed by atoms with E-state index in [-0.39, 0.29) is 58.2 Å². The van der Waals surface area contributed by atoms with Crippen LogP contribution in [0.1, 0.15) is 120 Å². The van der Waals surface area contributed by atoms with Gasteiger partial charge in [0.15, 0.2) is 18.9 Å². The van der Waals surface area contributed by atoms with Crippen molar-refractivity contribution in [2.45, 2.75) is 206 Å². The highest BCUT2D eigenvalue weighted by Gasteiger charge is 2.69. The van der Waals surface area contributed by atoms with E-state index in [9.17, 15) is 45.6 Å². The number of hydrogen-bond donors (Lipinski definition) is 8. The summed E-state index contributed by atoms with van der Waals surface area (Å²) in [4.78, 5) is 13.1. The Morgan fingerprint density at radius 1 is 0.689 bits per heavy atom. The number of carboxylic acids is 1. The van der Waals surface area contributed by atoms with Crippen molar-refractivity contribution in [2.75, 3.05) is 13.2 Å². The van der Waals surface area contributed by atoms with Crippen LogP contribution >= 0.6 is 0 Å². The number of aliphatic carboxylic acids is 1. The lowest BCUT2D eigenvalue weighted by atomic mass is 9.33. The van der Waals surface area contributed by atoms with Gasteiger partial charge in [0.2, 0.25) is 0 Å². The number of carbonyl (C=O) groups is 1. The molecule has 0 amide bonds. The maximum atomic E-state index is 13.1. The third-order valence-electron chi connectivity index (χ3n) is 18.6. The molecule has 0 spiro atoms. The molecule has 0 aromatic heterocycles. The molecule has 0 aromatic carbocycles. The molecule has 61 heavy (non-hydrogen) atoms. The normalized spacial score (nSPS) is 54.3. The molecule has 0 radical (unpaired) electrons. The standard InChI is InChI=1S/C46H74O15/c1-22-30(48)33(51)35(53)38(58-22)61-36-32(50)26(59-37-34(52)31(49)25(47)20-56-37)21-57-39(36)60-29-12-13-43(6)27(42(29,4)5)11-14-45(8)28(43)10-9-23-24-19-41(2,3)15-17-46(24,40(54)55)18-16-44(23,45)7/h9,22,24-39,47-53H,10-21H2,1-8H3,(H,54,55)/t22-,24-,25-,26-,27-,28+,29-,30-,31-,32-,33+,34+,35+,36+,37-,38-,39-,43-,44+,45+,46-/m0/s1. The number of rotatable bonds is 7. The Balaban J connectivity index is 1.04.